The van der Waals surface area contributed by atoms with Crippen molar-refractivity contribution in [2.75, 3.05) is 19.0 Å². The molecule has 1 amide bonds. The molecule has 2 aromatic rings. The second-order valence-electron chi connectivity index (χ2n) is 6.33. The van der Waals surface area contributed by atoms with Gasteiger partial charge < -0.3 is 19.5 Å². The van der Waals surface area contributed by atoms with Crippen molar-refractivity contribution in [3.63, 3.8) is 0 Å². The van der Waals surface area contributed by atoms with Crippen LogP contribution in [-0.4, -0.2) is 37.5 Å². The lowest BCUT2D eigenvalue weighted by Gasteiger charge is -2.15. The molecule has 0 spiro atoms. The van der Waals surface area contributed by atoms with Crippen LogP contribution < -0.4 is 10.1 Å². The van der Waals surface area contributed by atoms with Crippen LogP contribution in [0.2, 0.25) is 0 Å². The largest absolute Gasteiger partial charge is 0.496 e. The van der Waals surface area contributed by atoms with Crippen LogP contribution in [0.15, 0.2) is 42.5 Å². The number of rotatable bonds is 9. The highest BCUT2D eigenvalue weighted by atomic mass is 16.5. The molecule has 1 atom stereocenters. The number of anilines is 1. The predicted molar refractivity (Wildman–Crippen MR) is 108 cm³/mol. The fraction of sp³-hybridized carbons (Fsp3) is 0.318. The molecule has 0 aromatic heterocycles. The molecule has 2 rings (SSSR count). The lowest BCUT2D eigenvalue weighted by Crippen LogP contribution is -2.30. The van der Waals surface area contributed by atoms with Crippen LogP contribution in [0.25, 0.3) is 0 Å². The zero-order chi connectivity index (χ0) is 21.4. The molecular weight excluding hydrogens is 374 g/mol. The molecular formula is C22H25NO6. The maximum Gasteiger partial charge on any atom is 0.338 e. The minimum atomic E-state index is -1.01. The smallest absolute Gasteiger partial charge is 0.338 e. The fourth-order valence-corrected chi connectivity index (χ4v) is 2.54. The second-order valence-corrected chi connectivity index (χ2v) is 6.33. The highest BCUT2D eigenvalue weighted by molar-refractivity contribution is 5.98. The van der Waals surface area contributed by atoms with Crippen molar-refractivity contribution in [3.8, 4) is 5.75 Å². The van der Waals surface area contributed by atoms with Crippen LogP contribution >= 0.6 is 0 Å². The number of hydrogen-bond donors (Lipinski definition) is 1. The first-order chi connectivity index (χ1) is 13.8. The lowest BCUT2D eigenvalue weighted by molar-refractivity contribution is -0.123. The number of methoxy groups -OCH3 is 1. The number of ketones is 1. The van der Waals surface area contributed by atoms with Crippen LogP contribution in [0.1, 0.15) is 47.1 Å². The maximum absolute atomic E-state index is 12.4. The van der Waals surface area contributed by atoms with Gasteiger partial charge in [-0.15, -0.1) is 0 Å². The molecule has 29 heavy (non-hydrogen) atoms. The average Bonchev–Trinajstić information content (AvgIpc) is 2.72. The first kappa shape index (κ1) is 22.1. The van der Waals surface area contributed by atoms with Crippen molar-refractivity contribution in [2.24, 2.45) is 0 Å². The Bertz CT molecular complexity index is 875. The fourth-order valence-electron chi connectivity index (χ4n) is 2.54. The molecule has 7 nitrogen and oxygen atoms in total. The summed E-state index contributed by atoms with van der Waals surface area (Å²) in [5.41, 5.74) is 2.06. The summed E-state index contributed by atoms with van der Waals surface area (Å²) >= 11 is 0. The summed E-state index contributed by atoms with van der Waals surface area (Å²) in [6.45, 7) is 5.66. The summed E-state index contributed by atoms with van der Waals surface area (Å²) in [6.07, 6.45) is -1.01. The Morgan fingerprint density at radius 1 is 1.03 bits per heavy atom. The molecule has 0 radical (unpaired) electrons. The molecule has 0 saturated carbocycles. The third-order valence-corrected chi connectivity index (χ3v) is 4.19. The van der Waals surface area contributed by atoms with Crippen LogP contribution in [0.3, 0.4) is 0 Å². The molecule has 0 aliphatic carbocycles. The van der Waals surface area contributed by atoms with Gasteiger partial charge in [0.25, 0.3) is 5.91 Å². The van der Waals surface area contributed by atoms with Crippen molar-refractivity contribution < 1.29 is 28.6 Å². The minimum Gasteiger partial charge on any atom is -0.496 e. The number of carbonyl (C=O) groups excluding carboxylic acids is 3. The standard InChI is InChI=1S/C22H25NO6/c1-5-28-13-18-12-17(8-11-20(18)27-4)22(26)29-15(3)21(25)23-19-9-6-16(7-10-19)14(2)24/h6-12,15H,5,13H2,1-4H3,(H,23,25)/t15-/m1/s1. The molecule has 2 aromatic carbocycles. The third-order valence-electron chi connectivity index (χ3n) is 4.19. The van der Waals surface area contributed by atoms with Gasteiger partial charge in [-0.2, -0.15) is 0 Å². The zero-order valence-electron chi connectivity index (χ0n) is 17.0. The van der Waals surface area contributed by atoms with E-state index in [-0.39, 0.29) is 5.78 Å². The Hall–Kier alpha value is -3.19. The van der Waals surface area contributed by atoms with E-state index in [0.29, 0.717) is 41.3 Å². The Morgan fingerprint density at radius 3 is 2.28 bits per heavy atom. The summed E-state index contributed by atoms with van der Waals surface area (Å²) in [5.74, 6) is -0.555. The number of carbonyl (C=O) groups is 3. The Morgan fingerprint density at radius 2 is 1.69 bits per heavy atom. The van der Waals surface area contributed by atoms with Crippen LogP contribution in [0, 0.1) is 0 Å². The summed E-state index contributed by atoms with van der Waals surface area (Å²) in [6, 6.07) is 11.3. The van der Waals surface area contributed by atoms with Gasteiger partial charge in [-0.1, -0.05) is 0 Å². The van der Waals surface area contributed by atoms with Crippen molar-refractivity contribution in [1.82, 2.24) is 0 Å². The van der Waals surface area contributed by atoms with E-state index in [4.69, 9.17) is 14.2 Å². The molecule has 154 valence electrons. The predicted octanol–water partition coefficient (Wildman–Crippen LogP) is 3.62. The van der Waals surface area contributed by atoms with Gasteiger partial charge in [-0.25, -0.2) is 4.79 Å². The van der Waals surface area contributed by atoms with Crippen molar-refractivity contribution >= 4 is 23.3 Å². The van der Waals surface area contributed by atoms with E-state index < -0.39 is 18.0 Å². The molecule has 0 aliphatic heterocycles. The minimum absolute atomic E-state index is 0.0617. The van der Waals surface area contributed by atoms with Gasteiger partial charge in [-0.3, -0.25) is 9.59 Å². The molecule has 1 N–H and O–H groups in total. The first-order valence-corrected chi connectivity index (χ1v) is 9.23. The topological polar surface area (TPSA) is 90.9 Å². The maximum atomic E-state index is 12.4. The summed E-state index contributed by atoms with van der Waals surface area (Å²) < 4.78 is 15.9. The lowest BCUT2D eigenvalue weighted by atomic mass is 10.1. The van der Waals surface area contributed by atoms with Crippen molar-refractivity contribution in [2.45, 2.75) is 33.5 Å². The number of ether oxygens (including phenoxy) is 3. The number of Topliss-reactive ketones (excluding diaryl/α,β-unsaturated/α-hetero) is 1. The molecule has 0 heterocycles. The molecule has 7 heteroatoms. The molecule has 0 unspecified atom stereocenters. The van der Waals surface area contributed by atoms with E-state index in [0.717, 1.165) is 0 Å². The van der Waals surface area contributed by atoms with Gasteiger partial charge >= 0.3 is 5.97 Å². The monoisotopic (exact) mass is 399 g/mol. The van der Waals surface area contributed by atoms with Gasteiger partial charge in [0.05, 0.1) is 19.3 Å². The number of benzene rings is 2. The summed E-state index contributed by atoms with van der Waals surface area (Å²) in [4.78, 5) is 36.1. The normalized spacial score (nSPS) is 11.4. The quantitative estimate of drug-likeness (QED) is 0.512. The second kappa shape index (κ2) is 10.4. The summed E-state index contributed by atoms with van der Waals surface area (Å²) in [5, 5.41) is 2.65. The third kappa shape index (κ3) is 6.15. The van der Waals surface area contributed by atoms with E-state index in [1.807, 2.05) is 6.92 Å². The van der Waals surface area contributed by atoms with E-state index in [1.165, 1.54) is 21.0 Å². The van der Waals surface area contributed by atoms with Gasteiger partial charge in [0.15, 0.2) is 11.9 Å². The molecule has 0 aliphatic rings. The number of nitrogens with one attached hydrogen (secondary N) is 1. The SMILES string of the molecule is CCOCc1cc(C(=O)O[C@H](C)C(=O)Nc2ccc(C(C)=O)cc2)ccc1OC. The number of hydrogen-bond acceptors (Lipinski definition) is 6. The molecule has 0 bridgehead atoms. The first-order valence-electron chi connectivity index (χ1n) is 9.23. The van der Waals surface area contributed by atoms with E-state index >= 15 is 0 Å². The average molecular weight is 399 g/mol. The Kier molecular flexibility index (Phi) is 7.91. The van der Waals surface area contributed by atoms with Gasteiger partial charge in [-0.05, 0) is 63.2 Å². The molecule has 0 saturated heterocycles. The molecule has 0 fully saturated rings. The van der Waals surface area contributed by atoms with Crippen LogP contribution in [0.4, 0.5) is 5.69 Å². The Labute approximate surface area is 170 Å². The van der Waals surface area contributed by atoms with Crippen molar-refractivity contribution in [1.29, 1.82) is 0 Å². The Balaban J connectivity index is 2.01. The van der Waals surface area contributed by atoms with E-state index in [2.05, 4.69) is 5.32 Å². The van der Waals surface area contributed by atoms with E-state index in [1.54, 1.807) is 42.5 Å². The summed E-state index contributed by atoms with van der Waals surface area (Å²) in [7, 11) is 1.54. The highest BCUT2D eigenvalue weighted by Gasteiger charge is 2.20. The van der Waals surface area contributed by atoms with Gasteiger partial charge in [0.1, 0.15) is 5.75 Å². The van der Waals surface area contributed by atoms with E-state index in [9.17, 15) is 14.4 Å². The highest BCUT2D eigenvalue weighted by Crippen LogP contribution is 2.22. The van der Waals surface area contributed by atoms with Gasteiger partial charge in [0.2, 0.25) is 0 Å². The van der Waals surface area contributed by atoms with Crippen LogP contribution in [-0.2, 0) is 20.9 Å². The number of esters is 1. The van der Waals surface area contributed by atoms with Crippen molar-refractivity contribution in [3.05, 3.63) is 59.2 Å². The zero-order valence-corrected chi connectivity index (χ0v) is 17.0. The number of amides is 1. The van der Waals surface area contributed by atoms with Gasteiger partial charge in [0, 0.05) is 23.4 Å². The van der Waals surface area contributed by atoms with Crippen LogP contribution in [0.5, 0.6) is 5.75 Å².